The second-order valence-corrected chi connectivity index (χ2v) is 6.05. The number of hydrogen-bond donors (Lipinski definition) is 1. The maximum absolute atomic E-state index is 5.37. The summed E-state index contributed by atoms with van der Waals surface area (Å²) in [6, 6.07) is 17.5. The van der Waals surface area contributed by atoms with Gasteiger partial charge in [-0.05, 0) is 49.9 Å². The number of ether oxygens (including phenoxy) is 2. The molecule has 2 aromatic carbocycles. The van der Waals surface area contributed by atoms with Gasteiger partial charge in [0.2, 0.25) is 0 Å². The molecule has 23 heavy (non-hydrogen) atoms. The van der Waals surface area contributed by atoms with Crippen LogP contribution in [0.15, 0.2) is 48.5 Å². The lowest BCUT2D eigenvalue weighted by molar-refractivity contribution is 0.354. The molecular weight excluding hydrogens is 286 g/mol. The van der Waals surface area contributed by atoms with Crippen molar-refractivity contribution >= 4 is 0 Å². The Morgan fingerprint density at radius 3 is 2.00 bits per heavy atom. The minimum Gasteiger partial charge on any atom is -0.493 e. The standard InChI is InChI=1S/C20H27NO2/c1-15(12-17-8-6-5-7-9-17)21-16(2)13-18-10-11-19(22-3)20(14-18)23-4/h5-11,14-16,21H,12-13H2,1-4H3/t15-,16+/m0/s1. The molecule has 0 bridgehead atoms. The minimum absolute atomic E-state index is 0.395. The van der Waals surface area contributed by atoms with E-state index in [9.17, 15) is 0 Å². The highest BCUT2D eigenvalue weighted by Crippen LogP contribution is 2.28. The largest absolute Gasteiger partial charge is 0.493 e. The number of rotatable bonds is 8. The fourth-order valence-electron chi connectivity index (χ4n) is 2.93. The van der Waals surface area contributed by atoms with Crippen molar-refractivity contribution in [2.24, 2.45) is 0 Å². The zero-order chi connectivity index (χ0) is 16.7. The molecule has 2 aromatic rings. The van der Waals surface area contributed by atoms with Crippen LogP contribution < -0.4 is 14.8 Å². The van der Waals surface area contributed by atoms with E-state index >= 15 is 0 Å². The van der Waals surface area contributed by atoms with Gasteiger partial charge in [0.05, 0.1) is 14.2 Å². The van der Waals surface area contributed by atoms with E-state index < -0.39 is 0 Å². The third kappa shape index (κ3) is 5.29. The Hall–Kier alpha value is -2.00. The fourth-order valence-corrected chi connectivity index (χ4v) is 2.93. The normalized spacial score (nSPS) is 13.4. The van der Waals surface area contributed by atoms with E-state index in [1.165, 1.54) is 11.1 Å². The van der Waals surface area contributed by atoms with E-state index in [4.69, 9.17) is 9.47 Å². The third-order valence-electron chi connectivity index (χ3n) is 3.94. The van der Waals surface area contributed by atoms with Crippen LogP contribution in [0.2, 0.25) is 0 Å². The monoisotopic (exact) mass is 313 g/mol. The van der Waals surface area contributed by atoms with Gasteiger partial charge in [0, 0.05) is 12.1 Å². The van der Waals surface area contributed by atoms with Crippen molar-refractivity contribution in [2.45, 2.75) is 38.8 Å². The molecule has 1 N–H and O–H groups in total. The van der Waals surface area contributed by atoms with Crippen LogP contribution in [0.5, 0.6) is 11.5 Å². The van der Waals surface area contributed by atoms with E-state index in [-0.39, 0.29) is 0 Å². The summed E-state index contributed by atoms with van der Waals surface area (Å²) in [5.74, 6) is 1.56. The van der Waals surface area contributed by atoms with Crippen LogP contribution in [-0.2, 0) is 12.8 Å². The second kappa shape index (κ2) is 8.59. The molecule has 0 saturated carbocycles. The Labute approximate surface area is 139 Å². The fraction of sp³-hybridized carbons (Fsp3) is 0.400. The van der Waals surface area contributed by atoms with E-state index in [0.29, 0.717) is 12.1 Å². The van der Waals surface area contributed by atoms with Crippen LogP contribution in [0.25, 0.3) is 0 Å². The van der Waals surface area contributed by atoms with Crippen molar-refractivity contribution in [3.63, 3.8) is 0 Å². The van der Waals surface area contributed by atoms with Crippen LogP contribution in [-0.4, -0.2) is 26.3 Å². The number of benzene rings is 2. The Balaban J connectivity index is 1.90. The highest BCUT2D eigenvalue weighted by molar-refractivity contribution is 5.43. The van der Waals surface area contributed by atoms with E-state index in [1.807, 2.05) is 6.07 Å². The molecule has 0 aliphatic rings. The average Bonchev–Trinajstić information content (AvgIpc) is 2.55. The third-order valence-corrected chi connectivity index (χ3v) is 3.94. The first-order valence-electron chi connectivity index (χ1n) is 8.13. The van der Waals surface area contributed by atoms with Gasteiger partial charge in [0.25, 0.3) is 0 Å². The highest BCUT2D eigenvalue weighted by atomic mass is 16.5. The topological polar surface area (TPSA) is 30.5 Å². The maximum Gasteiger partial charge on any atom is 0.160 e. The number of nitrogens with one attached hydrogen (secondary N) is 1. The second-order valence-electron chi connectivity index (χ2n) is 6.05. The van der Waals surface area contributed by atoms with Crippen LogP contribution in [0.4, 0.5) is 0 Å². The van der Waals surface area contributed by atoms with Gasteiger partial charge in [-0.2, -0.15) is 0 Å². The first kappa shape index (κ1) is 17.4. The molecule has 0 fully saturated rings. The summed E-state index contributed by atoms with van der Waals surface area (Å²) in [5.41, 5.74) is 2.61. The molecule has 0 amide bonds. The lowest BCUT2D eigenvalue weighted by Gasteiger charge is -2.20. The molecule has 2 rings (SSSR count). The summed E-state index contributed by atoms with van der Waals surface area (Å²) < 4.78 is 10.7. The SMILES string of the molecule is COc1ccc(C[C@@H](C)N[C@@H](C)Cc2ccccc2)cc1OC. The Kier molecular flexibility index (Phi) is 6.48. The molecule has 0 saturated heterocycles. The highest BCUT2D eigenvalue weighted by Gasteiger charge is 2.11. The minimum atomic E-state index is 0.395. The Bertz CT molecular complexity index is 598. The first-order chi connectivity index (χ1) is 11.1. The molecule has 124 valence electrons. The lowest BCUT2D eigenvalue weighted by Crippen LogP contribution is -2.37. The lowest BCUT2D eigenvalue weighted by atomic mass is 10.0. The smallest absolute Gasteiger partial charge is 0.160 e. The molecule has 0 aliphatic carbocycles. The van der Waals surface area contributed by atoms with Gasteiger partial charge < -0.3 is 14.8 Å². The molecule has 0 radical (unpaired) electrons. The quantitative estimate of drug-likeness (QED) is 0.803. The number of methoxy groups -OCH3 is 2. The van der Waals surface area contributed by atoms with Crippen LogP contribution in [0, 0.1) is 0 Å². The summed E-state index contributed by atoms with van der Waals surface area (Å²) in [5, 5.41) is 3.67. The Morgan fingerprint density at radius 2 is 1.39 bits per heavy atom. The van der Waals surface area contributed by atoms with Crippen molar-refractivity contribution in [1.82, 2.24) is 5.32 Å². The molecule has 0 unspecified atom stereocenters. The molecule has 0 spiro atoms. The van der Waals surface area contributed by atoms with Crippen LogP contribution >= 0.6 is 0 Å². The summed E-state index contributed by atoms with van der Waals surface area (Å²) in [7, 11) is 3.33. The molecular formula is C20H27NO2. The van der Waals surface area contributed by atoms with E-state index in [2.05, 4.69) is 61.6 Å². The van der Waals surface area contributed by atoms with Crippen molar-refractivity contribution in [2.75, 3.05) is 14.2 Å². The predicted molar refractivity (Wildman–Crippen MR) is 95.5 cm³/mol. The van der Waals surface area contributed by atoms with Crippen LogP contribution in [0.1, 0.15) is 25.0 Å². The Morgan fingerprint density at radius 1 is 0.783 bits per heavy atom. The van der Waals surface area contributed by atoms with Gasteiger partial charge in [0.15, 0.2) is 11.5 Å². The zero-order valence-corrected chi connectivity index (χ0v) is 14.5. The van der Waals surface area contributed by atoms with E-state index in [1.54, 1.807) is 14.2 Å². The summed E-state index contributed by atoms with van der Waals surface area (Å²) in [6.07, 6.45) is 2.00. The van der Waals surface area contributed by atoms with Gasteiger partial charge in [-0.3, -0.25) is 0 Å². The maximum atomic E-state index is 5.37. The van der Waals surface area contributed by atoms with Gasteiger partial charge in [0.1, 0.15) is 0 Å². The molecule has 0 aliphatic heterocycles. The van der Waals surface area contributed by atoms with E-state index in [0.717, 1.165) is 24.3 Å². The molecule has 3 heteroatoms. The van der Waals surface area contributed by atoms with Gasteiger partial charge in [-0.25, -0.2) is 0 Å². The van der Waals surface area contributed by atoms with Gasteiger partial charge in [-0.1, -0.05) is 36.4 Å². The number of hydrogen-bond acceptors (Lipinski definition) is 3. The van der Waals surface area contributed by atoms with Crippen LogP contribution in [0.3, 0.4) is 0 Å². The molecule has 3 nitrogen and oxygen atoms in total. The molecule has 0 aromatic heterocycles. The van der Waals surface area contributed by atoms with Crippen molar-refractivity contribution < 1.29 is 9.47 Å². The predicted octanol–water partition coefficient (Wildman–Crippen LogP) is 3.86. The van der Waals surface area contributed by atoms with Gasteiger partial charge in [-0.15, -0.1) is 0 Å². The molecule has 2 atom stereocenters. The summed E-state index contributed by atoms with van der Waals surface area (Å²) >= 11 is 0. The average molecular weight is 313 g/mol. The van der Waals surface area contributed by atoms with Crippen molar-refractivity contribution in [1.29, 1.82) is 0 Å². The molecule has 0 heterocycles. The zero-order valence-electron chi connectivity index (χ0n) is 14.5. The summed E-state index contributed by atoms with van der Waals surface area (Å²) in [4.78, 5) is 0. The van der Waals surface area contributed by atoms with Crippen molar-refractivity contribution in [3.8, 4) is 11.5 Å². The summed E-state index contributed by atoms with van der Waals surface area (Å²) in [6.45, 7) is 4.45. The first-order valence-corrected chi connectivity index (χ1v) is 8.13. The van der Waals surface area contributed by atoms with Crippen molar-refractivity contribution in [3.05, 3.63) is 59.7 Å². The van der Waals surface area contributed by atoms with Gasteiger partial charge >= 0.3 is 0 Å².